The van der Waals surface area contributed by atoms with Gasteiger partial charge in [-0.1, -0.05) is 19.9 Å². The summed E-state index contributed by atoms with van der Waals surface area (Å²) in [5.74, 6) is -0.369. The van der Waals surface area contributed by atoms with Crippen molar-refractivity contribution in [1.82, 2.24) is 0 Å². The van der Waals surface area contributed by atoms with Crippen molar-refractivity contribution in [2.75, 3.05) is 0 Å². The summed E-state index contributed by atoms with van der Waals surface area (Å²) in [4.78, 5) is 23.8. The SMILES string of the molecule is C=CC(C)(C)c1cc2cc3c(c(O)c2oc1=O)OC(C(C)(C)OC(C)=O)C3. The van der Waals surface area contributed by atoms with E-state index >= 15 is 0 Å². The number of hydrogen-bond acceptors (Lipinski definition) is 6. The largest absolute Gasteiger partial charge is 0.502 e. The molecule has 3 rings (SSSR count). The van der Waals surface area contributed by atoms with Gasteiger partial charge in [-0.2, -0.15) is 0 Å². The van der Waals surface area contributed by atoms with Crippen LogP contribution in [0.1, 0.15) is 45.7 Å². The standard InChI is InChI=1S/C21H24O6/c1-7-20(3,4)14-9-12-8-13-10-15(21(5,6)27-11(2)22)25-17(13)16(23)18(12)26-19(14)24/h7-9,15,23H,1,10H2,2-6H3. The summed E-state index contributed by atoms with van der Waals surface area (Å²) in [5, 5.41) is 11.2. The van der Waals surface area contributed by atoms with Gasteiger partial charge in [0, 0.05) is 35.3 Å². The molecule has 1 aromatic heterocycles. The molecule has 1 N–H and O–H groups in total. The van der Waals surface area contributed by atoms with Crippen molar-refractivity contribution >= 4 is 16.9 Å². The molecule has 0 aliphatic carbocycles. The zero-order valence-corrected chi connectivity index (χ0v) is 16.2. The summed E-state index contributed by atoms with van der Waals surface area (Å²) in [6.07, 6.45) is 1.67. The molecule has 6 heteroatoms. The lowest BCUT2D eigenvalue weighted by atomic mass is 9.85. The van der Waals surface area contributed by atoms with Gasteiger partial charge in [0.15, 0.2) is 11.3 Å². The van der Waals surface area contributed by atoms with Crippen LogP contribution >= 0.6 is 0 Å². The lowest BCUT2D eigenvalue weighted by molar-refractivity contribution is -0.161. The molecule has 0 saturated carbocycles. The second kappa shape index (κ2) is 6.15. The molecule has 2 heterocycles. The van der Waals surface area contributed by atoms with Crippen molar-refractivity contribution in [1.29, 1.82) is 0 Å². The predicted octanol–water partition coefficient (Wildman–Crippen LogP) is 3.61. The first-order valence-electron chi connectivity index (χ1n) is 8.79. The summed E-state index contributed by atoms with van der Waals surface area (Å²) in [7, 11) is 0. The molecule has 6 nitrogen and oxygen atoms in total. The summed E-state index contributed by atoms with van der Waals surface area (Å²) in [6, 6.07) is 3.55. The number of allylic oxidation sites excluding steroid dienone is 1. The van der Waals surface area contributed by atoms with E-state index in [1.54, 1.807) is 26.0 Å². The van der Waals surface area contributed by atoms with Gasteiger partial charge in [0.2, 0.25) is 5.75 Å². The number of ether oxygens (including phenoxy) is 2. The molecule has 0 amide bonds. The Bertz CT molecular complexity index is 996. The van der Waals surface area contributed by atoms with Crippen LogP contribution in [0, 0.1) is 0 Å². The van der Waals surface area contributed by atoms with E-state index in [1.807, 2.05) is 19.9 Å². The number of hydrogen-bond donors (Lipinski definition) is 1. The normalized spacial score (nSPS) is 16.7. The molecule has 2 aromatic rings. The summed E-state index contributed by atoms with van der Waals surface area (Å²) >= 11 is 0. The highest BCUT2D eigenvalue weighted by molar-refractivity contribution is 5.87. The first-order chi connectivity index (χ1) is 12.5. The lowest BCUT2D eigenvalue weighted by Crippen LogP contribution is -2.43. The van der Waals surface area contributed by atoms with Gasteiger partial charge in [-0.15, -0.1) is 6.58 Å². The Balaban J connectivity index is 2.10. The number of carbonyl (C=O) groups excluding carboxylic acids is 1. The molecular formula is C21H24O6. The molecule has 0 spiro atoms. The van der Waals surface area contributed by atoms with Gasteiger partial charge in [0.25, 0.3) is 0 Å². The zero-order valence-electron chi connectivity index (χ0n) is 16.2. The Morgan fingerprint density at radius 2 is 2.00 bits per heavy atom. The third-order valence-electron chi connectivity index (χ3n) is 5.08. The van der Waals surface area contributed by atoms with E-state index in [1.165, 1.54) is 6.92 Å². The van der Waals surface area contributed by atoms with E-state index in [9.17, 15) is 14.7 Å². The number of phenols is 1. The van der Waals surface area contributed by atoms with Crippen LogP contribution in [-0.2, 0) is 21.4 Å². The van der Waals surface area contributed by atoms with Crippen LogP contribution in [0.3, 0.4) is 0 Å². The Morgan fingerprint density at radius 1 is 1.33 bits per heavy atom. The Kier molecular flexibility index (Phi) is 4.33. The van der Waals surface area contributed by atoms with Gasteiger partial charge in [-0.3, -0.25) is 4.79 Å². The predicted molar refractivity (Wildman–Crippen MR) is 101 cm³/mol. The van der Waals surface area contributed by atoms with E-state index in [0.717, 1.165) is 5.56 Å². The number of carbonyl (C=O) groups is 1. The number of rotatable bonds is 4. The molecule has 0 bridgehead atoms. The van der Waals surface area contributed by atoms with E-state index in [0.29, 0.717) is 17.4 Å². The smallest absolute Gasteiger partial charge is 0.340 e. The van der Waals surface area contributed by atoms with Gasteiger partial charge < -0.3 is 19.0 Å². The van der Waals surface area contributed by atoms with Crippen LogP contribution in [0.25, 0.3) is 11.0 Å². The first kappa shape index (κ1) is 19.0. The second-order valence-electron chi connectivity index (χ2n) is 8.01. The van der Waals surface area contributed by atoms with Crippen molar-refractivity contribution in [3.63, 3.8) is 0 Å². The molecule has 144 valence electrons. The monoisotopic (exact) mass is 372 g/mol. The topological polar surface area (TPSA) is 86.0 Å². The fraction of sp³-hybridized carbons (Fsp3) is 0.429. The summed E-state index contributed by atoms with van der Waals surface area (Å²) in [5.41, 5.74) is -0.674. The highest BCUT2D eigenvalue weighted by Gasteiger charge is 2.41. The van der Waals surface area contributed by atoms with Gasteiger partial charge in [0.05, 0.1) is 0 Å². The maximum absolute atomic E-state index is 12.4. The molecule has 1 atom stereocenters. The quantitative estimate of drug-likeness (QED) is 0.501. The van der Waals surface area contributed by atoms with E-state index in [4.69, 9.17) is 13.9 Å². The van der Waals surface area contributed by atoms with Crippen molar-refractivity contribution in [2.24, 2.45) is 0 Å². The number of benzene rings is 1. The van der Waals surface area contributed by atoms with Gasteiger partial charge in [-0.05, 0) is 26.0 Å². The second-order valence-corrected chi connectivity index (χ2v) is 8.01. The summed E-state index contributed by atoms with van der Waals surface area (Å²) < 4.78 is 16.6. The van der Waals surface area contributed by atoms with Crippen LogP contribution in [0.4, 0.5) is 0 Å². The summed E-state index contributed by atoms with van der Waals surface area (Å²) in [6.45, 7) is 12.4. The fourth-order valence-corrected chi connectivity index (χ4v) is 3.34. The van der Waals surface area contributed by atoms with E-state index in [-0.39, 0.29) is 17.1 Å². The van der Waals surface area contributed by atoms with Crippen LogP contribution in [0.2, 0.25) is 0 Å². The third kappa shape index (κ3) is 3.20. The van der Waals surface area contributed by atoms with Gasteiger partial charge >= 0.3 is 11.6 Å². The molecular weight excluding hydrogens is 348 g/mol. The minimum atomic E-state index is -0.875. The average molecular weight is 372 g/mol. The molecule has 0 saturated heterocycles. The van der Waals surface area contributed by atoms with Crippen molar-refractivity contribution in [3.8, 4) is 11.5 Å². The third-order valence-corrected chi connectivity index (χ3v) is 5.08. The highest BCUT2D eigenvalue weighted by Crippen LogP contribution is 2.45. The maximum atomic E-state index is 12.4. The Hall–Kier alpha value is -2.76. The average Bonchev–Trinajstić information content (AvgIpc) is 2.99. The van der Waals surface area contributed by atoms with Crippen molar-refractivity contribution in [2.45, 2.75) is 58.2 Å². The molecule has 27 heavy (non-hydrogen) atoms. The van der Waals surface area contributed by atoms with Crippen molar-refractivity contribution in [3.05, 3.63) is 46.3 Å². The Morgan fingerprint density at radius 3 is 2.59 bits per heavy atom. The fourth-order valence-electron chi connectivity index (χ4n) is 3.34. The van der Waals surface area contributed by atoms with Gasteiger partial charge in [-0.25, -0.2) is 4.79 Å². The van der Waals surface area contributed by atoms with Crippen LogP contribution in [0.5, 0.6) is 11.5 Å². The molecule has 1 aliphatic rings. The molecule has 1 unspecified atom stereocenters. The van der Waals surface area contributed by atoms with Crippen molar-refractivity contribution < 1.29 is 23.8 Å². The number of aromatic hydroxyl groups is 1. The highest BCUT2D eigenvalue weighted by atomic mass is 16.6. The number of phenolic OH excluding ortho intramolecular Hbond substituents is 1. The first-order valence-corrected chi connectivity index (χ1v) is 8.79. The van der Waals surface area contributed by atoms with Crippen LogP contribution < -0.4 is 10.4 Å². The zero-order chi connectivity index (χ0) is 20.1. The molecule has 0 fully saturated rings. The maximum Gasteiger partial charge on any atom is 0.340 e. The molecule has 1 aliphatic heterocycles. The van der Waals surface area contributed by atoms with Crippen LogP contribution in [-0.4, -0.2) is 22.8 Å². The number of fused-ring (bicyclic) bond motifs is 2. The minimum absolute atomic E-state index is 0.0771. The lowest BCUT2D eigenvalue weighted by Gasteiger charge is -2.30. The van der Waals surface area contributed by atoms with Crippen LogP contribution in [0.15, 0.2) is 34.0 Å². The molecule has 0 radical (unpaired) electrons. The Labute approximate surface area is 157 Å². The van der Waals surface area contributed by atoms with E-state index < -0.39 is 28.7 Å². The van der Waals surface area contributed by atoms with Gasteiger partial charge in [0.1, 0.15) is 11.7 Å². The minimum Gasteiger partial charge on any atom is -0.502 e. The number of esters is 1. The van der Waals surface area contributed by atoms with E-state index in [2.05, 4.69) is 6.58 Å². The molecule has 1 aromatic carbocycles.